The molecule has 0 atom stereocenters. The fraction of sp³-hybridized carbons (Fsp3) is 0.188. The van der Waals surface area contributed by atoms with Gasteiger partial charge >= 0.3 is 0 Å². The maximum atomic E-state index is 12.4. The van der Waals surface area contributed by atoms with Crippen LogP contribution in [0.3, 0.4) is 0 Å². The van der Waals surface area contributed by atoms with Gasteiger partial charge in [-0.25, -0.2) is 8.42 Å². The van der Waals surface area contributed by atoms with Crippen molar-refractivity contribution >= 4 is 21.5 Å². The van der Waals surface area contributed by atoms with Gasteiger partial charge in [-0.15, -0.1) is 0 Å². The summed E-state index contributed by atoms with van der Waals surface area (Å²) in [6.45, 7) is 1.13. The zero-order chi connectivity index (χ0) is 17.0. The van der Waals surface area contributed by atoms with Crippen LogP contribution >= 0.6 is 0 Å². The van der Waals surface area contributed by atoms with Crippen LogP contribution in [0.25, 0.3) is 0 Å². The van der Waals surface area contributed by atoms with Crippen molar-refractivity contribution in [1.29, 1.82) is 0 Å². The van der Waals surface area contributed by atoms with Crippen molar-refractivity contribution in [1.82, 2.24) is 0 Å². The maximum absolute atomic E-state index is 12.4. The number of nitrogens with one attached hydrogen (secondary N) is 1. The minimum absolute atomic E-state index is 0.0592. The number of Topliss-reactive ketones (excluding diaryl/α,β-unsaturated/α-hetero) is 1. The van der Waals surface area contributed by atoms with Gasteiger partial charge in [0.15, 0.2) is 5.78 Å². The second-order valence-corrected chi connectivity index (χ2v) is 6.59. The smallest absolute Gasteiger partial charge is 0.261 e. The van der Waals surface area contributed by atoms with Crippen LogP contribution in [-0.4, -0.2) is 33.0 Å². The number of carbonyl (C=O) groups excluding carboxylic acids is 1. The van der Waals surface area contributed by atoms with Crippen LogP contribution < -0.4 is 9.46 Å². The summed E-state index contributed by atoms with van der Waals surface area (Å²) in [5.74, 6) is -0.199. The lowest BCUT2D eigenvalue weighted by Crippen LogP contribution is -2.16. The SMILES string of the molecule is COc1ccc(C(=O)CO)c(NS(=O)(=O)c2ccc(C)cc2)c1. The number of hydrogen-bond acceptors (Lipinski definition) is 5. The van der Waals surface area contributed by atoms with E-state index in [1.54, 1.807) is 12.1 Å². The lowest BCUT2D eigenvalue weighted by molar-refractivity contribution is 0.0904. The highest BCUT2D eigenvalue weighted by atomic mass is 32.2. The Morgan fingerprint density at radius 2 is 1.83 bits per heavy atom. The van der Waals surface area contributed by atoms with Crippen LogP contribution in [-0.2, 0) is 10.0 Å². The van der Waals surface area contributed by atoms with E-state index in [0.717, 1.165) is 5.56 Å². The zero-order valence-corrected chi connectivity index (χ0v) is 13.6. The van der Waals surface area contributed by atoms with E-state index in [1.807, 2.05) is 6.92 Å². The van der Waals surface area contributed by atoms with Gasteiger partial charge in [-0.3, -0.25) is 9.52 Å². The highest BCUT2D eigenvalue weighted by molar-refractivity contribution is 7.92. The van der Waals surface area contributed by atoms with Crippen molar-refractivity contribution in [3.8, 4) is 5.75 Å². The molecule has 0 spiro atoms. The molecule has 0 radical (unpaired) electrons. The van der Waals surface area contributed by atoms with Crippen molar-refractivity contribution in [3.05, 3.63) is 53.6 Å². The molecule has 23 heavy (non-hydrogen) atoms. The Morgan fingerprint density at radius 1 is 1.17 bits per heavy atom. The van der Waals surface area contributed by atoms with Gasteiger partial charge in [0, 0.05) is 11.6 Å². The summed E-state index contributed by atoms with van der Waals surface area (Å²) < 4.78 is 32.3. The molecule has 0 saturated heterocycles. The van der Waals surface area contributed by atoms with Crippen molar-refractivity contribution in [2.75, 3.05) is 18.4 Å². The summed E-state index contributed by atoms with van der Waals surface area (Å²) in [6, 6.07) is 10.6. The number of aliphatic hydroxyl groups is 1. The van der Waals surface area contributed by atoms with Crippen LogP contribution in [0.4, 0.5) is 5.69 Å². The molecule has 0 aliphatic heterocycles. The van der Waals surface area contributed by atoms with Gasteiger partial charge in [0.25, 0.3) is 10.0 Å². The number of benzene rings is 2. The molecule has 2 N–H and O–H groups in total. The van der Waals surface area contributed by atoms with Crippen LogP contribution in [0.1, 0.15) is 15.9 Å². The lowest BCUT2D eigenvalue weighted by atomic mass is 10.1. The van der Waals surface area contributed by atoms with Crippen molar-refractivity contribution < 1.29 is 23.1 Å². The van der Waals surface area contributed by atoms with E-state index in [2.05, 4.69) is 4.72 Å². The molecule has 2 aromatic rings. The largest absolute Gasteiger partial charge is 0.497 e. The molecule has 0 heterocycles. The topological polar surface area (TPSA) is 92.7 Å². The fourth-order valence-electron chi connectivity index (χ4n) is 1.98. The van der Waals surface area contributed by atoms with E-state index in [1.165, 1.54) is 37.4 Å². The zero-order valence-electron chi connectivity index (χ0n) is 12.7. The molecule has 0 fully saturated rings. The number of carbonyl (C=O) groups is 1. The molecule has 2 rings (SSSR count). The van der Waals surface area contributed by atoms with Gasteiger partial charge in [-0.1, -0.05) is 17.7 Å². The summed E-state index contributed by atoms with van der Waals surface area (Å²) in [5, 5.41) is 9.03. The molecule has 0 unspecified atom stereocenters. The first-order valence-corrected chi connectivity index (χ1v) is 8.27. The molecule has 122 valence electrons. The average Bonchev–Trinajstić information content (AvgIpc) is 2.54. The highest BCUT2D eigenvalue weighted by Crippen LogP contribution is 2.25. The number of ketones is 1. The molecule has 0 bridgehead atoms. The average molecular weight is 335 g/mol. The molecule has 7 heteroatoms. The Kier molecular flexibility index (Phi) is 5.02. The van der Waals surface area contributed by atoms with Crippen molar-refractivity contribution in [2.45, 2.75) is 11.8 Å². The Morgan fingerprint density at radius 3 is 2.39 bits per heavy atom. The van der Waals surface area contributed by atoms with Gasteiger partial charge in [0.2, 0.25) is 0 Å². The molecule has 6 nitrogen and oxygen atoms in total. The molecule has 0 saturated carbocycles. The molecule has 0 aliphatic rings. The number of ether oxygens (including phenoxy) is 1. The van der Waals surface area contributed by atoms with E-state index in [4.69, 9.17) is 9.84 Å². The minimum atomic E-state index is -3.86. The number of aliphatic hydroxyl groups excluding tert-OH is 1. The normalized spacial score (nSPS) is 11.1. The van der Waals surface area contributed by atoms with E-state index >= 15 is 0 Å². The molecule has 0 aromatic heterocycles. The Balaban J connectivity index is 2.44. The number of methoxy groups -OCH3 is 1. The summed E-state index contributed by atoms with van der Waals surface area (Å²) in [6.07, 6.45) is 0. The Bertz CT molecular complexity index is 813. The fourth-order valence-corrected chi connectivity index (χ4v) is 3.05. The predicted molar refractivity (Wildman–Crippen MR) is 86.4 cm³/mol. The van der Waals surface area contributed by atoms with E-state index < -0.39 is 22.4 Å². The number of rotatable bonds is 6. The lowest BCUT2D eigenvalue weighted by Gasteiger charge is -2.13. The molecule has 2 aromatic carbocycles. The highest BCUT2D eigenvalue weighted by Gasteiger charge is 2.19. The summed E-state index contributed by atoms with van der Waals surface area (Å²) in [4.78, 5) is 11.9. The molecular weight excluding hydrogens is 318 g/mol. The monoisotopic (exact) mass is 335 g/mol. The Labute approximate surface area is 134 Å². The quantitative estimate of drug-likeness (QED) is 0.788. The first-order chi connectivity index (χ1) is 10.9. The van der Waals surface area contributed by atoms with Crippen LogP contribution in [0.5, 0.6) is 5.75 Å². The van der Waals surface area contributed by atoms with Crippen molar-refractivity contribution in [3.63, 3.8) is 0 Å². The number of aryl methyl sites for hydroxylation is 1. The standard InChI is InChI=1S/C16H17NO5S/c1-11-3-6-13(7-4-11)23(20,21)17-15-9-12(22-2)5-8-14(15)16(19)10-18/h3-9,17-18H,10H2,1-2H3. The third-order valence-electron chi connectivity index (χ3n) is 3.25. The van der Waals surface area contributed by atoms with Gasteiger partial charge in [0.05, 0.1) is 17.7 Å². The summed E-state index contributed by atoms with van der Waals surface area (Å²) in [5.41, 5.74) is 1.06. The van der Waals surface area contributed by atoms with Gasteiger partial charge in [-0.05, 0) is 31.2 Å². The van der Waals surface area contributed by atoms with Crippen molar-refractivity contribution in [2.24, 2.45) is 0 Å². The third kappa shape index (κ3) is 3.88. The van der Waals surface area contributed by atoms with Crippen LogP contribution in [0.2, 0.25) is 0 Å². The summed E-state index contributed by atoms with van der Waals surface area (Å²) in [7, 11) is -2.43. The first kappa shape index (κ1) is 17.0. The molecular formula is C16H17NO5S. The van der Waals surface area contributed by atoms with Crippen LogP contribution in [0.15, 0.2) is 47.4 Å². The van der Waals surface area contributed by atoms with E-state index in [9.17, 15) is 13.2 Å². The number of sulfonamides is 1. The van der Waals surface area contributed by atoms with Gasteiger partial charge in [-0.2, -0.15) is 0 Å². The number of hydrogen-bond donors (Lipinski definition) is 2. The minimum Gasteiger partial charge on any atom is -0.497 e. The van der Waals surface area contributed by atoms with Gasteiger partial charge in [0.1, 0.15) is 12.4 Å². The first-order valence-electron chi connectivity index (χ1n) is 6.79. The molecule has 0 aliphatic carbocycles. The van der Waals surface area contributed by atoms with Gasteiger partial charge < -0.3 is 9.84 Å². The summed E-state index contributed by atoms with van der Waals surface area (Å²) >= 11 is 0. The second-order valence-electron chi connectivity index (χ2n) is 4.91. The van der Waals surface area contributed by atoms with Crippen LogP contribution in [0, 0.1) is 6.92 Å². The van der Waals surface area contributed by atoms with E-state index in [0.29, 0.717) is 5.75 Å². The number of anilines is 1. The Hall–Kier alpha value is -2.38. The molecule has 0 amide bonds. The third-order valence-corrected chi connectivity index (χ3v) is 4.63. The maximum Gasteiger partial charge on any atom is 0.261 e. The van der Waals surface area contributed by atoms with E-state index in [-0.39, 0.29) is 16.1 Å². The predicted octanol–water partition coefficient (Wildman–Crippen LogP) is 1.98. The second kappa shape index (κ2) is 6.80.